The standard InChI is InChI=1S/C16H14N2O6/c19-13-5-6-14(20)17(13)12-3-1-11(2-4-12)9-10-23-24-18-15(21)7-8-16(18)22/h1-6H,7-10H2. The summed E-state index contributed by atoms with van der Waals surface area (Å²) in [7, 11) is 0. The van der Waals surface area contributed by atoms with E-state index in [1.807, 2.05) is 0 Å². The molecular formula is C16H14N2O6. The van der Waals surface area contributed by atoms with Crippen molar-refractivity contribution in [2.75, 3.05) is 11.5 Å². The molecule has 0 aliphatic carbocycles. The molecule has 0 spiro atoms. The van der Waals surface area contributed by atoms with E-state index in [1.54, 1.807) is 24.3 Å². The van der Waals surface area contributed by atoms with Gasteiger partial charge in [-0.2, -0.15) is 0 Å². The predicted molar refractivity (Wildman–Crippen MR) is 79.9 cm³/mol. The first-order valence-electron chi connectivity index (χ1n) is 7.37. The van der Waals surface area contributed by atoms with Gasteiger partial charge < -0.3 is 0 Å². The van der Waals surface area contributed by atoms with Crippen LogP contribution in [0, 0.1) is 0 Å². The zero-order valence-corrected chi connectivity index (χ0v) is 12.6. The Labute approximate surface area is 137 Å². The molecule has 4 amide bonds. The van der Waals surface area contributed by atoms with E-state index in [0.717, 1.165) is 10.5 Å². The highest BCUT2D eigenvalue weighted by atomic mass is 17.3. The predicted octanol–water partition coefficient (Wildman–Crippen LogP) is 0.671. The lowest BCUT2D eigenvalue weighted by atomic mass is 10.1. The monoisotopic (exact) mass is 330 g/mol. The van der Waals surface area contributed by atoms with Crippen LogP contribution in [0.4, 0.5) is 5.69 Å². The molecule has 24 heavy (non-hydrogen) atoms. The number of hydrogen-bond acceptors (Lipinski definition) is 6. The Balaban J connectivity index is 1.48. The highest BCUT2D eigenvalue weighted by Gasteiger charge is 2.31. The Morgan fingerprint density at radius 3 is 2.04 bits per heavy atom. The van der Waals surface area contributed by atoms with E-state index in [9.17, 15) is 19.2 Å². The van der Waals surface area contributed by atoms with E-state index < -0.39 is 11.8 Å². The Kier molecular flexibility index (Phi) is 4.50. The number of hydroxylamine groups is 2. The minimum absolute atomic E-state index is 0.131. The highest BCUT2D eigenvalue weighted by Crippen LogP contribution is 2.19. The molecule has 8 heteroatoms. The molecule has 0 bridgehead atoms. The quantitative estimate of drug-likeness (QED) is 0.329. The van der Waals surface area contributed by atoms with E-state index >= 15 is 0 Å². The van der Waals surface area contributed by atoms with Gasteiger partial charge in [0.15, 0.2) is 0 Å². The fraction of sp³-hybridized carbons (Fsp3) is 0.250. The third-order valence-corrected chi connectivity index (χ3v) is 3.61. The van der Waals surface area contributed by atoms with E-state index in [2.05, 4.69) is 0 Å². The minimum atomic E-state index is -0.419. The Bertz CT molecular complexity index is 691. The number of hydrogen-bond donors (Lipinski definition) is 0. The van der Waals surface area contributed by atoms with Crippen LogP contribution in [0.2, 0.25) is 0 Å². The lowest BCUT2D eigenvalue weighted by Crippen LogP contribution is -2.29. The summed E-state index contributed by atoms with van der Waals surface area (Å²) in [5, 5.41) is 0.626. The van der Waals surface area contributed by atoms with Gasteiger partial charge in [-0.25, -0.2) is 9.79 Å². The van der Waals surface area contributed by atoms with Crippen LogP contribution in [-0.2, 0) is 35.5 Å². The molecule has 0 aromatic heterocycles. The first-order chi connectivity index (χ1) is 11.6. The summed E-state index contributed by atoms with van der Waals surface area (Å²) >= 11 is 0. The fourth-order valence-electron chi connectivity index (χ4n) is 2.36. The van der Waals surface area contributed by atoms with Gasteiger partial charge in [-0.15, -0.1) is 10.1 Å². The highest BCUT2D eigenvalue weighted by molar-refractivity contribution is 6.28. The van der Waals surface area contributed by atoms with Crippen molar-refractivity contribution >= 4 is 29.3 Å². The summed E-state index contributed by atoms with van der Waals surface area (Å²) in [6, 6.07) is 6.83. The lowest BCUT2D eigenvalue weighted by molar-refractivity contribution is -0.393. The van der Waals surface area contributed by atoms with Gasteiger partial charge in [-0.05, 0) is 24.1 Å². The van der Waals surface area contributed by atoms with Crippen LogP contribution in [0.25, 0.3) is 0 Å². The van der Waals surface area contributed by atoms with Crippen molar-refractivity contribution in [1.29, 1.82) is 0 Å². The Hall–Kier alpha value is -2.84. The van der Waals surface area contributed by atoms with Gasteiger partial charge in [0.05, 0.1) is 12.3 Å². The number of benzene rings is 1. The van der Waals surface area contributed by atoms with Crippen LogP contribution in [0.1, 0.15) is 18.4 Å². The summed E-state index contributed by atoms with van der Waals surface area (Å²) in [5.41, 5.74) is 1.37. The van der Waals surface area contributed by atoms with Crippen molar-refractivity contribution < 1.29 is 29.1 Å². The van der Waals surface area contributed by atoms with Crippen molar-refractivity contribution in [3.05, 3.63) is 42.0 Å². The molecule has 8 nitrogen and oxygen atoms in total. The van der Waals surface area contributed by atoms with Crippen molar-refractivity contribution in [2.45, 2.75) is 19.3 Å². The van der Waals surface area contributed by atoms with Crippen LogP contribution < -0.4 is 4.90 Å². The SMILES string of the molecule is O=C1CCC(=O)N1OOCCc1ccc(N2C(=O)C=CC2=O)cc1. The average Bonchev–Trinajstić information content (AvgIpc) is 3.07. The summed E-state index contributed by atoms with van der Waals surface area (Å²) in [6.45, 7) is 0.138. The zero-order chi connectivity index (χ0) is 17.1. The normalized spacial score (nSPS) is 17.5. The molecule has 1 aromatic rings. The maximum absolute atomic E-state index is 11.6. The third-order valence-electron chi connectivity index (χ3n) is 3.61. The minimum Gasteiger partial charge on any atom is -0.272 e. The van der Waals surface area contributed by atoms with E-state index in [0.29, 0.717) is 17.2 Å². The van der Waals surface area contributed by atoms with Gasteiger partial charge >= 0.3 is 0 Å². The Morgan fingerprint density at radius 1 is 0.875 bits per heavy atom. The first-order valence-corrected chi connectivity index (χ1v) is 7.37. The smallest absolute Gasteiger partial charge is 0.258 e. The maximum Gasteiger partial charge on any atom is 0.258 e. The molecule has 1 fully saturated rings. The topological polar surface area (TPSA) is 93.2 Å². The Morgan fingerprint density at radius 2 is 1.46 bits per heavy atom. The lowest BCUT2D eigenvalue weighted by Gasteiger charge is -2.14. The molecular weight excluding hydrogens is 316 g/mol. The van der Waals surface area contributed by atoms with Gasteiger partial charge in [0, 0.05) is 25.0 Å². The summed E-state index contributed by atoms with van der Waals surface area (Å²) in [6.07, 6.45) is 3.18. The van der Waals surface area contributed by atoms with E-state index in [-0.39, 0.29) is 31.3 Å². The molecule has 2 aliphatic heterocycles. The van der Waals surface area contributed by atoms with Crippen molar-refractivity contribution in [1.82, 2.24) is 5.06 Å². The van der Waals surface area contributed by atoms with Crippen molar-refractivity contribution in [3.8, 4) is 0 Å². The molecule has 1 aromatic carbocycles. The van der Waals surface area contributed by atoms with Crippen LogP contribution in [0.5, 0.6) is 0 Å². The third kappa shape index (κ3) is 3.24. The largest absolute Gasteiger partial charge is 0.272 e. The number of carbonyl (C=O) groups is 4. The second kappa shape index (κ2) is 6.73. The van der Waals surface area contributed by atoms with Crippen molar-refractivity contribution in [3.63, 3.8) is 0 Å². The number of rotatable bonds is 6. The van der Waals surface area contributed by atoms with Gasteiger partial charge in [-0.3, -0.25) is 19.2 Å². The number of amides is 4. The molecule has 0 unspecified atom stereocenters. The van der Waals surface area contributed by atoms with E-state index in [1.165, 1.54) is 12.2 Å². The molecule has 2 heterocycles. The zero-order valence-electron chi connectivity index (χ0n) is 12.6. The second-order valence-electron chi connectivity index (χ2n) is 5.24. The second-order valence-corrected chi connectivity index (χ2v) is 5.24. The molecule has 3 rings (SSSR count). The van der Waals surface area contributed by atoms with Gasteiger partial charge in [-0.1, -0.05) is 12.1 Å². The molecule has 0 atom stereocenters. The summed E-state index contributed by atoms with van der Waals surface area (Å²) in [4.78, 5) is 56.4. The molecule has 0 saturated carbocycles. The molecule has 1 saturated heterocycles. The summed E-state index contributed by atoms with van der Waals surface area (Å²) < 4.78 is 0. The van der Waals surface area contributed by atoms with Gasteiger partial charge in [0.2, 0.25) is 0 Å². The maximum atomic E-state index is 11.6. The number of anilines is 1. The number of nitrogens with zero attached hydrogens (tertiary/aromatic N) is 2. The molecule has 0 radical (unpaired) electrons. The molecule has 0 N–H and O–H groups in total. The van der Waals surface area contributed by atoms with E-state index in [4.69, 9.17) is 9.88 Å². The number of carbonyl (C=O) groups excluding carboxylic acids is 4. The molecule has 2 aliphatic rings. The van der Waals surface area contributed by atoms with Gasteiger partial charge in [0.1, 0.15) is 0 Å². The van der Waals surface area contributed by atoms with Crippen LogP contribution in [0.15, 0.2) is 36.4 Å². The average molecular weight is 330 g/mol. The summed E-state index contributed by atoms with van der Waals surface area (Å²) in [5.74, 6) is -1.58. The van der Waals surface area contributed by atoms with Crippen molar-refractivity contribution in [2.24, 2.45) is 0 Å². The molecule has 124 valence electrons. The number of imide groups is 2. The van der Waals surface area contributed by atoms with Crippen LogP contribution in [-0.4, -0.2) is 35.3 Å². The first kappa shape index (κ1) is 16.0. The van der Waals surface area contributed by atoms with Gasteiger partial charge in [0.25, 0.3) is 23.6 Å². The van der Waals surface area contributed by atoms with Crippen LogP contribution in [0.3, 0.4) is 0 Å². The fourth-order valence-corrected chi connectivity index (χ4v) is 2.36. The van der Waals surface area contributed by atoms with Crippen LogP contribution >= 0.6 is 0 Å².